The van der Waals surface area contributed by atoms with Gasteiger partial charge < -0.3 is 5.73 Å². The van der Waals surface area contributed by atoms with Gasteiger partial charge >= 0.3 is 0 Å². The van der Waals surface area contributed by atoms with Crippen LogP contribution in [0.4, 0.5) is 0 Å². The van der Waals surface area contributed by atoms with Gasteiger partial charge in [0.25, 0.3) is 0 Å². The number of aromatic nitrogens is 3. The Morgan fingerprint density at radius 1 is 1.33 bits per heavy atom. The summed E-state index contributed by atoms with van der Waals surface area (Å²) in [6, 6.07) is 0. The van der Waals surface area contributed by atoms with Crippen LogP contribution in [0.5, 0.6) is 0 Å². The fourth-order valence-electron chi connectivity index (χ4n) is 5.02. The zero-order valence-electron chi connectivity index (χ0n) is 12.7. The molecule has 1 heterocycles. The summed E-state index contributed by atoms with van der Waals surface area (Å²) in [5, 5.41) is 4.55. The number of amides is 1. The molecule has 0 spiro atoms. The van der Waals surface area contributed by atoms with Gasteiger partial charge in [0, 0.05) is 12.5 Å². The Labute approximate surface area is 125 Å². The van der Waals surface area contributed by atoms with E-state index in [4.69, 9.17) is 10.7 Å². The number of fused-ring (bicyclic) bond motifs is 5. The lowest BCUT2D eigenvalue weighted by molar-refractivity contribution is -0.117. The van der Waals surface area contributed by atoms with Crippen LogP contribution in [-0.2, 0) is 17.8 Å². The number of rotatable bonds is 6. The molecule has 3 aliphatic carbocycles. The number of hydrogen-bond acceptors (Lipinski definition) is 3. The largest absolute Gasteiger partial charge is 0.369 e. The van der Waals surface area contributed by atoms with Gasteiger partial charge in [0.05, 0.1) is 6.42 Å². The Morgan fingerprint density at radius 2 is 2.05 bits per heavy atom. The van der Waals surface area contributed by atoms with Crippen LogP contribution in [0.3, 0.4) is 0 Å². The highest BCUT2D eigenvalue weighted by Gasteiger charge is 2.66. The Hall–Kier alpha value is -1.39. The third-order valence-corrected chi connectivity index (χ3v) is 5.83. The van der Waals surface area contributed by atoms with E-state index in [9.17, 15) is 4.79 Å². The van der Waals surface area contributed by atoms with Crippen molar-refractivity contribution in [3.05, 3.63) is 11.6 Å². The third kappa shape index (κ3) is 2.09. The van der Waals surface area contributed by atoms with Gasteiger partial charge in [0.15, 0.2) is 5.82 Å². The molecule has 3 aliphatic rings. The molecule has 3 saturated carbocycles. The Kier molecular flexibility index (Phi) is 3.05. The smallest absolute Gasteiger partial charge is 0.225 e. The number of primary amides is 1. The highest BCUT2D eigenvalue weighted by molar-refractivity contribution is 5.75. The Morgan fingerprint density at radius 3 is 2.67 bits per heavy atom. The van der Waals surface area contributed by atoms with Crippen LogP contribution in [0.15, 0.2) is 0 Å². The standard InChI is InChI=1S/C16H24N4O/c1-2-3-6-20-16(18-12(19-20)8-11(17)21)15-13-9-4-5-10(7-9)14(13)15/h9-10,13-15H,2-8H2,1H3,(H2,17,21)/t9-,10+,13+,14-,15?. The van der Waals surface area contributed by atoms with Crippen LogP contribution in [0.2, 0.25) is 0 Å². The molecule has 21 heavy (non-hydrogen) atoms. The molecule has 1 aromatic rings. The number of nitrogens with two attached hydrogens (primary N) is 1. The summed E-state index contributed by atoms with van der Waals surface area (Å²) in [4.78, 5) is 15.8. The maximum atomic E-state index is 11.1. The summed E-state index contributed by atoms with van der Waals surface area (Å²) in [6.45, 7) is 3.11. The van der Waals surface area contributed by atoms with Gasteiger partial charge in [-0.3, -0.25) is 4.79 Å². The van der Waals surface area contributed by atoms with Crippen LogP contribution < -0.4 is 5.73 Å². The lowest BCUT2D eigenvalue weighted by Gasteiger charge is -2.09. The minimum absolute atomic E-state index is 0.168. The molecule has 5 heteroatoms. The van der Waals surface area contributed by atoms with Gasteiger partial charge in [-0.2, -0.15) is 5.10 Å². The second-order valence-corrected chi connectivity index (χ2v) is 7.12. The summed E-state index contributed by atoms with van der Waals surface area (Å²) in [7, 11) is 0. The van der Waals surface area contributed by atoms with E-state index < -0.39 is 0 Å². The molecule has 1 amide bonds. The van der Waals surface area contributed by atoms with Crippen molar-refractivity contribution in [2.75, 3.05) is 0 Å². The van der Waals surface area contributed by atoms with Crippen molar-refractivity contribution in [2.45, 2.75) is 57.9 Å². The lowest BCUT2D eigenvalue weighted by Crippen LogP contribution is -2.14. The highest BCUT2D eigenvalue weighted by atomic mass is 16.1. The quantitative estimate of drug-likeness (QED) is 0.868. The zero-order chi connectivity index (χ0) is 14.6. The Balaban J connectivity index is 1.58. The Bertz CT molecular complexity index is 551. The van der Waals surface area contributed by atoms with Gasteiger partial charge in [-0.15, -0.1) is 0 Å². The molecule has 0 saturated heterocycles. The van der Waals surface area contributed by atoms with Crippen LogP contribution in [0.1, 0.15) is 56.6 Å². The van der Waals surface area contributed by atoms with Crippen LogP contribution in [-0.4, -0.2) is 20.7 Å². The van der Waals surface area contributed by atoms with Crippen LogP contribution >= 0.6 is 0 Å². The van der Waals surface area contributed by atoms with Gasteiger partial charge in [0.1, 0.15) is 5.82 Å². The van der Waals surface area contributed by atoms with E-state index in [1.54, 1.807) is 0 Å². The summed E-state index contributed by atoms with van der Waals surface area (Å²) in [6.07, 6.45) is 6.71. The first-order valence-corrected chi connectivity index (χ1v) is 8.41. The van der Waals surface area contributed by atoms with E-state index in [1.165, 1.54) is 19.3 Å². The fraction of sp³-hybridized carbons (Fsp3) is 0.812. The molecule has 4 rings (SSSR count). The van der Waals surface area contributed by atoms with Crippen molar-refractivity contribution in [1.82, 2.24) is 14.8 Å². The normalized spacial score (nSPS) is 36.0. The van der Waals surface area contributed by atoms with E-state index in [2.05, 4.69) is 16.7 Å². The van der Waals surface area contributed by atoms with E-state index in [0.717, 1.165) is 48.9 Å². The number of unbranched alkanes of at least 4 members (excludes halogenated alkanes) is 1. The molecule has 5 nitrogen and oxygen atoms in total. The summed E-state index contributed by atoms with van der Waals surface area (Å²) >= 11 is 0. The minimum atomic E-state index is -0.342. The average Bonchev–Trinajstić information content (AvgIpc) is 2.79. The molecular formula is C16H24N4O. The van der Waals surface area contributed by atoms with Crippen molar-refractivity contribution in [2.24, 2.45) is 29.4 Å². The highest BCUT2D eigenvalue weighted by Crippen LogP contribution is 2.72. The minimum Gasteiger partial charge on any atom is -0.369 e. The molecule has 2 N–H and O–H groups in total. The first kappa shape index (κ1) is 13.3. The molecule has 1 unspecified atom stereocenters. The molecule has 2 bridgehead atoms. The van der Waals surface area contributed by atoms with E-state index in [-0.39, 0.29) is 12.3 Å². The first-order valence-electron chi connectivity index (χ1n) is 8.41. The number of nitrogens with zero attached hydrogens (tertiary/aromatic N) is 3. The second kappa shape index (κ2) is 4.82. The number of hydrogen-bond donors (Lipinski definition) is 1. The SMILES string of the molecule is CCCCn1nc(CC(N)=O)nc1C1[C@@H]2[C@H]3CC[C@H](C3)[C@H]12. The number of carbonyl (C=O) groups is 1. The van der Waals surface area contributed by atoms with Crippen molar-refractivity contribution in [3.63, 3.8) is 0 Å². The fourth-order valence-corrected chi connectivity index (χ4v) is 5.02. The molecule has 5 atom stereocenters. The first-order chi connectivity index (χ1) is 10.2. The van der Waals surface area contributed by atoms with E-state index in [1.807, 2.05) is 0 Å². The van der Waals surface area contributed by atoms with Gasteiger partial charge in [-0.05, 0) is 49.4 Å². The zero-order valence-corrected chi connectivity index (χ0v) is 12.7. The second-order valence-electron chi connectivity index (χ2n) is 7.12. The summed E-state index contributed by atoms with van der Waals surface area (Å²) in [5.74, 6) is 5.61. The monoisotopic (exact) mass is 288 g/mol. The van der Waals surface area contributed by atoms with Gasteiger partial charge in [-0.25, -0.2) is 9.67 Å². The molecule has 0 radical (unpaired) electrons. The van der Waals surface area contributed by atoms with E-state index in [0.29, 0.717) is 11.7 Å². The summed E-state index contributed by atoms with van der Waals surface area (Å²) < 4.78 is 2.07. The molecule has 0 aliphatic heterocycles. The molecular weight excluding hydrogens is 264 g/mol. The molecule has 1 aromatic heterocycles. The van der Waals surface area contributed by atoms with Crippen molar-refractivity contribution in [3.8, 4) is 0 Å². The summed E-state index contributed by atoms with van der Waals surface area (Å²) in [5.41, 5.74) is 5.29. The number of carbonyl (C=O) groups excluding carboxylic acids is 1. The van der Waals surface area contributed by atoms with Crippen molar-refractivity contribution in [1.29, 1.82) is 0 Å². The molecule has 114 valence electrons. The lowest BCUT2D eigenvalue weighted by atomic mass is 10.0. The molecule has 0 aromatic carbocycles. The van der Waals surface area contributed by atoms with Crippen LogP contribution in [0, 0.1) is 23.7 Å². The number of aryl methyl sites for hydroxylation is 1. The van der Waals surface area contributed by atoms with Crippen molar-refractivity contribution >= 4 is 5.91 Å². The topological polar surface area (TPSA) is 73.8 Å². The maximum Gasteiger partial charge on any atom is 0.225 e. The predicted molar refractivity (Wildman–Crippen MR) is 78.4 cm³/mol. The van der Waals surface area contributed by atoms with Gasteiger partial charge in [0.2, 0.25) is 5.91 Å². The predicted octanol–water partition coefficient (Wildman–Crippen LogP) is 1.87. The van der Waals surface area contributed by atoms with Crippen molar-refractivity contribution < 1.29 is 4.79 Å². The maximum absolute atomic E-state index is 11.1. The van der Waals surface area contributed by atoms with Gasteiger partial charge in [-0.1, -0.05) is 13.3 Å². The van der Waals surface area contributed by atoms with Crippen LogP contribution in [0.25, 0.3) is 0 Å². The third-order valence-electron chi connectivity index (χ3n) is 5.83. The van der Waals surface area contributed by atoms with E-state index >= 15 is 0 Å². The molecule has 3 fully saturated rings. The average molecular weight is 288 g/mol.